The van der Waals surface area contributed by atoms with Crippen LogP contribution < -0.4 is 5.32 Å². The maximum atomic E-state index is 12.6. The third-order valence-electron chi connectivity index (χ3n) is 3.73. The summed E-state index contributed by atoms with van der Waals surface area (Å²) < 4.78 is 0. The number of amides is 2. The van der Waals surface area contributed by atoms with Crippen LogP contribution in [0.15, 0.2) is 30.3 Å². The van der Waals surface area contributed by atoms with E-state index in [4.69, 9.17) is 0 Å². The standard InChI is InChI=1S/C14H16N2O2/c1-14(10-5-3-2-4-6-10)13(18)16(11-7-8-11)9-12(17)15-14/h2-6,11H,7-9H2,1H3,(H,15,17). The summed E-state index contributed by atoms with van der Waals surface area (Å²) in [7, 11) is 0. The molecule has 2 amide bonds. The van der Waals surface area contributed by atoms with Gasteiger partial charge in [0.15, 0.2) is 0 Å². The quantitative estimate of drug-likeness (QED) is 0.844. The van der Waals surface area contributed by atoms with E-state index in [1.807, 2.05) is 30.3 Å². The van der Waals surface area contributed by atoms with Crippen LogP contribution in [0.25, 0.3) is 0 Å². The number of carbonyl (C=O) groups is 2. The van der Waals surface area contributed by atoms with Gasteiger partial charge in [0.05, 0.1) is 6.54 Å². The third-order valence-corrected chi connectivity index (χ3v) is 3.73. The molecule has 2 fully saturated rings. The highest BCUT2D eigenvalue weighted by Gasteiger charge is 2.48. The molecule has 1 saturated heterocycles. The van der Waals surface area contributed by atoms with Gasteiger partial charge in [-0.3, -0.25) is 9.59 Å². The normalized spacial score (nSPS) is 28.2. The van der Waals surface area contributed by atoms with E-state index in [2.05, 4.69) is 5.32 Å². The average Bonchev–Trinajstić information content (AvgIpc) is 3.19. The molecule has 18 heavy (non-hydrogen) atoms. The molecule has 1 unspecified atom stereocenters. The van der Waals surface area contributed by atoms with Crippen LogP contribution in [0.1, 0.15) is 25.3 Å². The molecule has 2 aliphatic rings. The number of nitrogens with one attached hydrogen (secondary N) is 1. The lowest BCUT2D eigenvalue weighted by Gasteiger charge is -2.40. The zero-order valence-corrected chi connectivity index (χ0v) is 10.3. The van der Waals surface area contributed by atoms with Crippen molar-refractivity contribution in [2.45, 2.75) is 31.3 Å². The number of benzene rings is 1. The summed E-state index contributed by atoms with van der Waals surface area (Å²) in [4.78, 5) is 26.1. The number of rotatable bonds is 2. The molecule has 94 valence electrons. The zero-order valence-electron chi connectivity index (χ0n) is 10.3. The number of piperazine rings is 1. The first-order valence-electron chi connectivity index (χ1n) is 6.29. The molecule has 1 aromatic rings. The summed E-state index contributed by atoms with van der Waals surface area (Å²) in [6, 6.07) is 9.71. The fourth-order valence-corrected chi connectivity index (χ4v) is 2.53. The van der Waals surface area contributed by atoms with Gasteiger partial charge >= 0.3 is 0 Å². The molecule has 0 bridgehead atoms. The van der Waals surface area contributed by atoms with Crippen LogP contribution in [0.3, 0.4) is 0 Å². The molecule has 1 atom stereocenters. The van der Waals surface area contributed by atoms with Gasteiger partial charge in [0.1, 0.15) is 5.54 Å². The number of carbonyl (C=O) groups excluding carboxylic acids is 2. The van der Waals surface area contributed by atoms with Gasteiger partial charge < -0.3 is 10.2 Å². The van der Waals surface area contributed by atoms with Gasteiger partial charge in [-0.1, -0.05) is 30.3 Å². The van der Waals surface area contributed by atoms with Crippen LogP contribution in [-0.2, 0) is 15.1 Å². The largest absolute Gasteiger partial charge is 0.337 e. The molecular weight excluding hydrogens is 228 g/mol. The first-order chi connectivity index (χ1) is 8.61. The van der Waals surface area contributed by atoms with Gasteiger partial charge in [-0.25, -0.2) is 0 Å². The molecule has 0 aromatic heterocycles. The predicted octanol–water partition coefficient (Wildman–Crippen LogP) is 1.02. The summed E-state index contributed by atoms with van der Waals surface area (Å²) in [5, 5.41) is 2.84. The van der Waals surface area contributed by atoms with E-state index in [1.54, 1.807) is 11.8 Å². The summed E-state index contributed by atoms with van der Waals surface area (Å²) in [6.07, 6.45) is 2.04. The van der Waals surface area contributed by atoms with Gasteiger partial charge in [-0.05, 0) is 25.3 Å². The Kier molecular flexibility index (Phi) is 2.40. The number of hydrogen-bond donors (Lipinski definition) is 1. The van der Waals surface area contributed by atoms with Crippen molar-refractivity contribution in [3.8, 4) is 0 Å². The van der Waals surface area contributed by atoms with Crippen LogP contribution in [0.2, 0.25) is 0 Å². The lowest BCUT2D eigenvalue weighted by atomic mass is 9.88. The second kappa shape index (κ2) is 3.83. The fraction of sp³-hybridized carbons (Fsp3) is 0.429. The van der Waals surface area contributed by atoms with Crippen molar-refractivity contribution in [2.24, 2.45) is 0 Å². The summed E-state index contributed by atoms with van der Waals surface area (Å²) in [5.41, 5.74) is -0.0761. The van der Waals surface area contributed by atoms with E-state index in [-0.39, 0.29) is 24.4 Å². The lowest BCUT2D eigenvalue weighted by molar-refractivity contribution is -0.150. The second-order valence-corrected chi connectivity index (χ2v) is 5.20. The molecular formula is C14H16N2O2. The van der Waals surface area contributed by atoms with E-state index < -0.39 is 5.54 Å². The monoisotopic (exact) mass is 244 g/mol. The Morgan fingerprint density at radius 1 is 1.22 bits per heavy atom. The fourth-order valence-electron chi connectivity index (χ4n) is 2.53. The van der Waals surface area contributed by atoms with Crippen molar-refractivity contribution in [1.29, 1.82) is 0 Å². The highest BCUT2D eigenvalue weighted by atomic mass is 16.2. The Balaban J connectivity index is 1.98. The van der Waals surface area contributed by atoms with Crippen molar-refractivity contribution >= 4 is 11.8 Å². The smallest absolute Gasteiger partial charge is 0.253 e. The highest BCUT2D eigenvalue weighted by molar-refractivity contribution is 5.98. The van der Waals surface area contributed by atoms with Crippen LogP contribution in [0.5, 0.6) is 0 Å². The Labute approximate surface area is 106 Å². The molecule has 0 spiro atoms. The van der Waals surface area contributed by atoms with Crippen LogP contribution in [0, 0.1) is 0 Å². The van der Waals surface area contributed by atoms with Crippen molar-refractivity contribution < 1.29 is 9.59 Å². The first-order valence-corrected chi connectivity index (χ1v) is 6.29. The molecule has 1 N–H and O–H groups in total. The van der Waals surface area contributed by atoms with Crippen molar-refractivity contribution in [3.63, 3.8) is 0 Å². The molecule has 1 saturated carbocycles. The Bertz CT molecular complexity index is 496. The van der Waals surface area contributed by atoms with Crippen molar-refractivity contribution in [3.05, 3.63) is 35.9 Å². The van der Waals surface area contributed by atoms with Gasteiger partial charge in [-0.2, -0.15) is 0 Å². The molecule has 3 rings (SSSR count). The highest BCUT2D eigenvalue weighted by Crippen LogP contribution is 2.33. The number of nitrogens with zero attached hydrogens (tertiary/aromatic N) is 1. The zero-order chi connectivity index (χ0) is 12.8. The summed E-state index contributed by atoms with van der Waals surface area (Å²) in [5.74, 6) is -0.0661. The Hall–Kier alpha value is -1.84. The maximum absolute atomic E-state index is 12.6. The van der Waals surface area contributed by atoms with Crippen LogP contribution in [-0.4, -0.2) is 29.3 Å². The SMILES string of the molecule is CC1(c2ccccc2)NC(=O)CN(C2CC2)C1=O. The van der Waals surface area contributed by atoms with Gasteiger partial charge in [0.25, 0.3) is 5.91 Å². The minimum absolute atomic E-state index is 0.0100. The summed E-state index contributed by atoms with van der Waals surface area (Å²) in [6.45, 7) is 1.99. The minimum atomic E-state index is -0.917. The van der Waals surface area contributed by atoms with Crippen LogP contribution >= 0.6 is 0 Å². The van der Waals surface area contributed by atoms with E-state index in [0.29, 0.717) is 0 Å². The topological polar surface area (TPSA) is 49.4 Å². The second-order valence-electron chi connectivity index (χ2n) is 5.20. The van der Waals surface area contributed by atoms with Crippen molar-refractivity contribution in [2.75, 3.05) is 6.54 Å². The van der Waals surface area contributed by atoms with E-state index in [9.17, 15) is 9.59 Å². The first kappa shape index (κ1) is 11.3. The van der Waals surface area contributed by atoms with Gasteiger partial charge in [0.2, 0.25) is 5.91 Å². The molecule has 1 aliphatic heterocycles. The number of hydrogen-bond acceptors (Lipinski definition) is 2. The summed E-state index contributed by atoms with van der Waals surface area (Å²) >= 11 is 0. The maximum Gasteiger partial charge on any atom is 0.253 e. The molecule has 0 radical (unpaired) electrons. The van der Waals surface area contributed by atoms with Crippen molar-refractivity contribution in [1.82, 2.24) is 10.2 Å². The van der Waals surface area contributed by atoms with Gasteiger partial charge in [-0.15, -0.1) is 0 Å². The third kappa shape index (κ3) is 1.68. The van der Waals surface area contributed by atoms with E-state index >= 15 is 0 Å². The predicted molar refractivity (Wildman–Crippen MR) is 66.7 cm³/mol. The van der Waals surface area contributed by atoms with Gasteiger partial charge in [0, 0.05) is 6.04 Å². The van der Waals surface area contributed by atoms with Crippen LogP contribution in [0.4, 0.5) is 0 Å². The molecule has 4 heteroatoms. The Morgan fingerprint density at radius 2 is 1.89 bits per heavy atom. The Morgan fingerprint density at radius 3 is 2.50 bits per heavy atom. The molecule has 4 nitrogen and oxygen atoms in total. The van der Waals surface area contributed by atoms with E-state index in [0.717, 1.165) is 18.4 Å². The molecule has 1 aromatic carbocycles. The molecule has 1 aliphatic carbocycles. The van der Waals surface area contributed by atoms with E-state index in [1.165, 1.54) is 0 Å². The average molecular weight is 244 g/mol. The lowest BCUT2D eigenvalue weighted by Crippen LogP contribution is -2.63. The molecule has 1 heterocycles. The minimum Gasteiger partial charge on any atom is -0.337 e.